The Bertz CT molecular complexity index is 90.6. The molecule has 0 fully saturated rings. The molecule has 0 saturated heterocycles. The molecule has 0 aliphatic heterocycles. The van der Waals surface area contributed by atoms with Crippen LogP contribution in [0, 0.1) is 0 Å². The third-order valence-corrected chi connectivity index (χ3v) is 4.56. The summed E-state index contributed by atoms with van der Waals surface area (Å²) in [5.41, 5.74) is 0.199. The SMILES string of the molecule is CCCC[SiH2]CCCC(Cl)NC. The van der Waals surface area contributed by atoms with Gasteiger partial charge in [-0.2, -0.15) is 0 Å². The molecule has 1 atom stereocenters. The Morgan fingerprint density at radius 2 is 2.00 bits per heavy atom. The highest BCUT2D eigenvalue weighted by Gasteiger charge is 1.98. The first kappa shape index (κ1) is 12.5. The highest BCUT2D eigenvalue weighted by atomic mass is 35.5. The summed E-state index contributed by atoms with van der Waals surface area (Å²) in [4.78, 5) is 0. The minimum Gasteiger partial charge on any atom is -0.304 e. The summed E-state index contributed by atoms with van der Waals surface area (Å²) in [6.45, 7) is 2.27. The molecule has 0 aliphatic carbocycles. The molecule has 0 bridgehead atoms. The van der Waals surface area contributed by atoms with Gasteiger partial charge < -0.3 is 5.32 Å². The van der Waals surface area contributed by atoms with E-state index >= 15 is 0 Å². The molecule has 1 nitrogen and oxygen atoms in total. The Balaban J connectivity index is 2.90. The molecule has 0 saturated carbocycles. The number of hydrogen-bond donors (Lipinski definition) is 1. The van der Waals surface area contributed by atoms with Crippen molar-refractivity contribution in [3.8, 4) is 0 Å². The van der Waals surface area contributed by atoms with E-state index in [4.69, 9.17) is 11.6 Å². The Hall–Kier alpha value is 0.467. The molecule has 0 rings (SSSR count). The number of rotatable bonds is 8. The second-order valence-electron chi connectivity index (χ2n) is 3.31. The Labute approximate surface area is 84.1 Å². The van der Waals surface area contributed by atoms with Crippen molar-refractivity contribution in [3.05, 3.63) is 0 Å². The molecular formula is C9H22ClNSi. The van der Waals surface area contributed by atoms with Crippen molar-refractivity contribution >= 4 is 21.1 Å². The van der Waals surface area contributed by atoms with E-state index in [2.05, 4.69) is 12.2 Å². The maximum absolute atomic E-state index is 5.91. The zero-order chi connectivity index (χ0) is 9.23. The summed E-state index contributed by atoms with van der Waals surface area (Å²) in [5.74, 6) is 0. The van der Waals surface area contributed by atoms with Gasteiger partial charge in [0, 0.05) is 9.52 Å². The lowest BCUT2D eigenvalue weighted by Crippen LogP contribution is -2.17. The van der Waals surface area contributed by atoms with Crippen LogP contribution in [0.3, 0.4) is 0 Å². The van der Waals surface area contributed by atoms with E-state index in [1.54, 1.807) is 0 Å². The van der Waals surface area contributed by atoms with Crippen LogP contribution in [-0.4, -0.2) is 22.1 Å². The Morgan fingerprint density at radius 1 is 1.33 bits per heavy atom. The van der Waals surface area contributed by atoms with E-state index in [-0.39, 0.29) is 15.0 Å². The highest BCUT2D eigenvalue weighted by Crippen LogP contribution is 2.06. The average Bonchev–Trinajstić information content (AvgIpc) is 2.10. The van der Waals surface area contributed by atoms with E-state index < -0.39 is 0 Å². The monoisotopic (exact) mass is 207 g/mol. The summed E-state index contributed by atoms with van der Waals surface area (Å²) in [6, 6.07) is 3.01. The van der Waals surface area contributed by atoms with Crippen molar-refractivity contribution in [3.63, 3.8) is 0 Å². The van der Waals surface area contributed by atoms with Crippen LogP contribution < -0.4 is 5.32 Å². The second-order valence-corrected chi connectivity index (χ2v) is 5.96. The van der Waals surface area contributed by atoms with Gasteiger partial charge in [0.15, 0.2) is 0 Å². The molecule has 0 amide bonds. The molecule has 3 heteroatoms. The summed E-state index contributed by atoms with van der Waals surface area (Å²) in [5, 5.41) is 3.05. The normalized spacial score (nSPS) is 14.2. The largest absolute Gasteiger partial charge is 0.304 e. The van der Waals surface area contributed by atoms with Crippen LogP contribution in [0.25, 0.3) is 0 Å². The smallest absolute Gasteiger partial charge is 0.0822 e. The molecule has 0 heterocycles. The molecular weight excluding hydrogens is 186 g/mol. The van der Waals surface area contributed by atoms with Gasteiger partial charge in [0.05, 0.1) is 5.50 Å². The molecule has 0 aromatic rings. The number of hydrogen-bond acceptors (Lipinski definition) is 1. The van der Waals surface area contributed by atoms with Crippen LogP contribution in [0.15, 0.2) is 0 Å². The molecule has 0 radical (unpaired) electrons. The van der Waals surface area contributed by atoms with Crippen LogP contribution >= 0.6 is 11.6 Å². The number of nitrogens with one attached hydrogen (secondary N) is 1. The maximum Gasteiger partial charge on any atom is 0.0822 e. The van der Waals surface area contributed by atoms with E-state index in [0.717, 1.165) is 6.42 Å². The summed E-state index contributed by atoms with van der Waals surface area (Å²) in [7, 11) is 2.19. The Morgan fingerprint density at radius 3 is 2.58 bits per heavy atom. The minimum absolute atomic E-state index is 0.199. The number of unbranched alkanes of at least 4 members (excludes halogenated alkanes) is 1. The lowest BCUT2D eigenvalue weighted by molar-refractivity contribution is 0.654. The summed E-state index contributed by atoms with van der Waals surface area (Å²) in [6.07, 6.45) is 5.27. The van der Waals surface area contributed by atoms with Crippen molar-refractivity contribution in [2.45, 2.75) is 50.2 Å². The molecule has 12 heavy (non-hydrogen) atoms. The average molecular weight is 208 g/mol. The van der Waals surface area contributed by atoms with Crippen LogP contribution in [0.5, 0.6) is 0 Å². The summed E-state index contributed by atoms with van der Waals surface area (Å²) >= 11 is 5.91. The van der Waals surface area contributed by atoms with E-state index in [1.165, 1.54) is 31.4 Å². The first-order valence-electron chi connectivity index (χ1n) is 5.12. The van der Waals surface area contributed by atoms with Gasteiger partial charge in [-0.1, -0.05) is 38.3 Å². The molecule has 1 N–H and O–H groups in total. The van der Waals surface area contributed by atoms with Crippen molar-refractivity contribution in [2.75, 3.05) is 7.05 Å². The van der Waals surface area contributed by atoms with E-state index in [9.17, 15) is 0 Å². The number of alkyl halides is 1. The van der Waals surface area contributed by atoms with Gasteiger partial charge in [-0.25, -0.2) is 0 Å². The van der Waals surface area contributed by atoms with E-state index in [0.29, 0.717) is 0 Å². The minimum atomic E-state index is 0.199. The first-order valence-corrected chi connectivity index (χ1v) is 7.56. The van der Waals surface area contributed by atoms with E-state index in [1.807, 2.05) is 7.05 Å². The predicted octanol–water partition coefficient (Wildman–Crippen LogP) is 2.36. The molecule has 0 aromatic carbocycles. The zero-order valence-electron chi connectivity index (χ0n) is 8.41. The maximum atomic E-state index is 5.91. The third kappa shape index (κ3) is 8.56. The van der Waals surface area contributed by atoms with Gasteiger partial charge in [0.1, 0.15) is 0 Å². The zero-order valence-corrected chi connectivity index (χ0v) is 10.6. The van der Waals surface area contributed by atoms with Gasteiger partial charge in [0.2, 0.25) is 0 Å². The molecule has 0 aromatic heterocycles. The highest BCUT2D eigenvalue weighted by molar-refractivity contribution is 6.35. The van der Waals surface area contributed by atoms with Crippen LogP contribution in [-0.2, 0) is 0 Å². The van der Waals surface area contributed by atoms with Crippen molar-refractivity contribution in [1.82, 2.24) is 5.32 Å². The summed E-state index contributed by atoms with van der Waals surface area (Å²) < 4.78 is 0. The van der Waals surface area contributed by atoms with Crippen molar-refractivity contribution in [1.29, 1.82) is 0 Å². The molecule has 0 aliphatic rings. The lowest BCUT2D eigenvalue weighted by Gasteiger charge is -2.06. The fourth-order valence-corrected chi connectivity index (χ4v) is 3.25. The van der Waals surface area contributed by atoms with Gasteiger partial charge in [-0.3, -0.25) is 0 Å². The third-order valence-electron chi connectivity index (χ3n) is 2.12. The number of halogens is 1. The topological polar surface area (TPSA) is 12.0 Å². The van der Waals surface area contributed by atoms with Crippen molar-refractivity contribution in [2.24, 2.45) is 0 Å². The lowest BCUT2D eigenvalue weighted by atomic mass is 10.3. The molecule has 74 valence electrons. The van der Waals surface area contributed by atoms with Gasteiger partial charge >= 0.3 is 0 Å². The standard InChI is InChI=1S/C9H22ClNSi/c1-3-4-7-12-8-5-6-9(10)11-2/h9,11H,3-8,12H2,1-2H3. The molecule has 0 spiro atoms. The quantitative estimate of drug-likeness (QED) is 0.279. The van der Waals surface area contributed by atoms with Gasteiger partial charge in [-0.15, -0.1) is 11.6 Å². The first-order chi connectivity index (χ1) is 5.81. The van der Waals surface area contributed by atoms with Gasteiger partial charge in [0.25, 0.3) is 0 Å². The van der Waals surface area contributed by atoms with Crippen molar-refractivity contribution < 1.29 is 0 Å². The van der Waals surface area contributed by atoms with Gasteiger partial charge in [-0.05, 0) is 13.5 Å². The second kappa shape index (κ2) is 9.55. The van der Waals surface area contributed by atoms with Crippen LogP contribution in [0.4, 0.5) is 0 Å². The fraction of sp³-hybridized carbons (Fsp3) is 1.00. The fourth-order valence-electron chi connectivity index (χ4n) is 1.25. The van der Waals surface area contributed by atoms with Crippen LogP contribution in [0.1, 0.15) is 32.6 Å². The van der Waals surface area contributed by atoms with Crippen LogP contribution in [0.2, 0.25) is 12.1 Å². The Kier molecular flexibility index (Phi) is 9.93. The predicted molar refractivity (Wildman–Crippen MR) is 61.0 cm³/mol. The molecule has 1 unspecified atom stereocenters.